The molecule has 0 amide bonds. The molecule has 0 atom stereocenters. The molecule has 0 spiro atoms. The fraction of sp³-hybridized carbons (Fsp3) is 0.538. The highest BCUT2D eigenvalue weighted by molar-refractivity contribution is 5.46. The Balaban J connectivity index is 2.46. The second-order valence-corrected chi connectivity index (χ2v) is 3.76. The molecule has 1 aromatic rings. The number of likely N-dealkylation sites (N-methyl/N-ethyl adjacent to an activating group) is 1. The van der Waals surface area contributed by atoms with Crippen LogP contribution >= 0.6 is 0 Å². The van der Waals surface area contributed by atoms with E-state index in [0.29, 0.717) is 0 Å². The van der Waals surface area contributed by atoms with Gasteiger partial charge in [-0.1, -0.05) is 25.1 Å². The zero-order valence-electron chi connectivity index (χ0n) is 10.3. The first-order valence-corrected chi connectivity index (χ1v) is 5.91. The summed E-state index contributed by atoms with van der Waals surface area (Å²) >= 11 is 0. The van der Waals surface area contributed by atoms with E-state index >= 15 is 0 Å². The molecular weight excluding hydrogens is 200 g/mol. The van der Waals surface area contributed by atoms with Crippen LogP contribution in [0.4, 0.5) is 5.69 Å². The first-order valence-electron chi connectivity index (χ1n) is 5.91. The van der Waals surface area contributed by atoms with Crippen molar-refractivity contribution in [2.75, 3.05) is 32.0 Å². The predicted molar refractivity (Wildman–Crippen MR) is 68.3 cm³/mol. The van der Waals surface area contributed by atoms with E-state index in [1.807, 2.05) is 25.1 Å². The standard InChI is InChI=1S/C13H22N2O/c1-3-15(9-10-16-4-2)11-12-7-5-6-8-13(12)14/h5-8H,3-4,9-11,14H2,1-2H3. The molecular formula is C13H22N2O. The topological polar surface area (TPSA) is 38.5 Å². The normalized spacial score (nSPS) is 10.9. The van der Waals surface area contributed by atoms with E-state index in [4.69, 9.17) is 10.5 Å². The third-order valence-electron chi connectivity index (χ3n) is 2.65. The third kappa shape index (κ3) is 4.21. The highest BCUT2D eigenvalue weighted by atomic mass is 16.5. The van der Waals surface area contributed by atoms with Crippen molar-refractivity contribution in [1.82, 2.24) is 4.90 Å². The van der Waals surface area contributed by atoms with Gasteiger partial charge in [-0.15, -0.1) is 0 Å². The van der Waals surface area contributed by atoms with Gasteiger partial charge in [-0.25, -0.2) is 0 Å². The SMILES string of the molecule is CCOCCN(CC)Cc1ccccc1N. The van der Waals surface area contributed by atoms with Crippen molar-refractivity contribution in [1.29, 1.82) is 0 Å². The van der Waals surface area contributed by atoms with Crippen LogP contribution in [0.25, 0.3) is 0 Å². The number of rotatable bonds is 7. The summed E-state index contributed by atoms with van der Waals surface area (Å²) in [7, 11) is 0. The molecule has 1 rings (SSSR count). The van der Waals surface area contributed by atoms with E-state index in [1.54, 1.807) is 0 Å². The van der Waals surface area contributed by atoms with Crippen LogP contribution in [0.5, 0.6) is 0 Å². The van der Waals surface area contributed by atoms with Crippen molar-refractivity contribution in [3.8, 4) is 0 Å². The molecule has 0 heterocycles. The first kappa shape index (κ1) is 13.0. The van der Waals surface area contributed by atoms with Crippen LogP contribution in [0, 0.1) is 0 Å². The first-order chi connectivity index (χ1) is 7.77. The van der Waals surface area contributed by atoms with Crippen LogP contribution in [0.2, 0.25) is 0 Å². The average Bonchev–Trinajstić information content (AvgIpc) is 2.30. The summed E-state index contributed by atoms with van der Waals surface area (Å²) in [5, 5.41) is 0. The monoisotopic (exact) mass is 222 g/mol. The molecule has 0 unspecified atom stereocenters. The van der Waals surface area contributed by atoms with Crippen LogP contribution in [-0.2, 0) is 11.3 Å². The number of nitrogen functional groups attached to an aromatic ring is 1. The summed E-state index contributed by atoms with van der Waals surface area (Å²) in [5.74, 6) is 0. The Morgan fingerprint density at radius 3 is 2.62 bits per heavy atom. The summed E-state index contributed by atoms with van der Waals surface area (Å²) in [4.78, 5) is 2.33. The molecule has 3 nitrogen and oxygen atoms in total. The second-order valence-electron chi connectivity index (χ2n) is 3.76. The molecule has 3 heteroatoms. The lowest BCUT2D eigenvalue weighted by molar-refractivity contribution is 0.113. The van der Waals surface area contributed by atoms with Gasteiger partial charge in [0.1, 0.15) is 0 Å². The van der Waals surface area contributed by atoms with E-state index in [2.05, 4.69) is 17.9 Å². The van der Waals surface area contributed by atoms with Gasteiger partial charge < -0.3 is 10.5 Å². The second kappa shape index (κ2) is 7.25. The minimum Gasteiger partial charge on any atom is -0.398 e. The van der Waals surface area contributed by atoms with Crippen LogP contribution in [-0.4, -0.2) is 31.2 Å². The van der Waals surface area contributed by atoms with Gasteiger partial charge in [0.2, 0.25) is 0 Å². The molecule has 90 valence electrons. The highest BCUT2D eigenvalue weighted by Gasteiger charge is 2.05. The summed E-state index contributed by atoms with van der Waals surface area (Å²) in [6.45, 7) is 8.62. The van der Waals surface area contributed by atoms with Crippen molar-refractivity contribution < 1.29 is 4.74 Å². The quantitative estimate of drug-likeness (QED) is 0.567. The highest BCUT2D eigenvalue weighted by Crippen LogP contribution is 2.12. The van der Waals surface area contributed by atoms with Gasteiger partial charge in [0.15, 0.2) is 0 Å². The van der Waals surface area contributed by atoms with Crippen molar-refractivity contribution in [2.45, 2.75) is 20.4 Å². The number of nitrogens with zero attached hydrogens (tertiary/aromatic N) is 1. The number of ether oxygens (including phenoxy) is 1. The lowest BCUT2D eigenvalue weighted by Crippen LogP contribution is -2.27. The smallest absolute Gasteiger partial charge is 0.0593 e. The maximum Gasteiger partial charge on any atom is 0.0593 e. The fourth-order valence-electron chi connectivity index (χ4n) is 1.61. The van der Waals surface area contributed by atoms with E-state index in [-0.39, 0.29) is 0 Å². The van der Waals surface area contributed by atoms with Gasteiger partial charge in [0.05, 0.1) is 6.61 Å². The summed E-state index contributed by atoms with van der Waals surface area (Å²) in [5.41, 5.74) is 7.99. The molecule has 0 saturated carbocycles. The summed E-state index contributed by atoms with van der Waals surface area (Å²) in [6, 6.07) is 8.03. The zero-order chi connectivity index (χ0) is 11.8. The van der Waals surface area contributed by atoms with Gasteiger partial charge in [0.25, 0.3) is 0 Å². The predicted octanol–water partition coefficient (Wildman–Crippen LogP) is 2.13. The Kier molecular flexibility index (Phi) is 5.90. The minimum absolute atomic E-state index is 0.783. The van der Waals surface area contributed by atoms with E-state index in [1.165, 1.54) is 5.56 Å². The fourth-order valence-corrected chi connectivity index (χ4v) is 1.61. The Hall–Kier alpha value is -1.06. The van der Waals surface area contributed by atoms with Crippen molar-refractivity contribution in [3.63, 3.8) is 0 Å². The minimum atomic E-state index is 0.783. The molecule has 2 N–H and O–H groups in total. The molecule has 1 aromatic carbocycles. The Labute approximate surface area is 98.2 Å². The number of para-hydroxylation sites is 1. The van der Waals surface area contributed by atoms with Gasteiger partial charge in [-0.2, -0.15) is 0 Å². The summed E-state index contributed by atoms with van der Waals surface area (Å²) in [6.07, 6.45) is 0. The lowest BCUT2D eigenvalue weighted by atomic mass is 10.1. The lowest BCUT2D eigenvalue weighted by Gasteiger charge is -2.21. The van der Waals surface area contributed by atoms with Gasteiger partial charge in [-0.3, -0.25) is 4.90 Å². The van der Waals surface area contributed by atoms with Crippen LogP contribution < -0.4 is 5.73 Å². The molecule has 0 aliphatic heterocycles. The number of nitrogens with two attached hydrogens (primary N) is 1. The largest absolute Gasteiger partial charge is 0.398 e. The molecule has 0 aliphatic carbocycles. The molecule has 0 saturated heterocycles. The van der Waals surface area contributed by atoms with Crippen molar-refractivity contribution >= 4 is 5.69 Å². The molecule has 16 heavy (non-hydrogen) atoms. The van der Waals surface area contributed by atoms with Gasteiger partial charge >= 0.3 is 0 Å². The number of hydrogen-bond donors (Lipinski definition) is 1. The van der Waals surface area contributed by atoms with Gasteiger partial charge in [0, 0.05) is 25.4 Å². The number of hydrogen-bond acceptors (Lipinski definition) is 3. The average molecular weight is 222 g/mol. The van der Waals surface area contributed by atoms with E-state index in [9.17, 15) is 0 Å². The van der Waals surface area contributed by atoms with Crippen molar-refractivity contribution in [2.24, 2.45) is 0 Å². The maximum atomic E-state index is 5.92. The number of benzene rings is 1. The van der Waals surface area contributed by atoms with E-state index < -0.39 is 0 Å². The number of anilines is 1. The maximum absolute atomic E-state index is 5.92. The Bertz CT molecular complexity index is 302. The van der Waals surface area contributed by atoms with Crippen LogP contribution in [0.3, 0.4) is 0 Å². The molecule has 0 radical (unpaired) electrons. The molecule has 0 bridgehead atoms. The zero-order valence-corrected chi connectivity index (χ0v) is 10.3. The molecule has 0 aliphatic rings. The Morgan fingerprint density at radius 2 is 2.00 bits per heavy atom. The summed E-state index contributed by atoms with van der Waals surface area (Å²) < 4.78 is 5.36. The molecule has 0 fully saturated rings. The van der Waals surface area contributed by atoms with Crippen LogP contribution in [0.15, 0.2) is 24.3 Å². The Morgan fingerprint density at radius 1 is 1.25 bits per heavy atom. The molecule has 0 aromatic heterocycles. The van der Waals surface area contributed by atoms with E-state index in [0.717, 1.165) is 38.5 Å². The third-order valence-corrected chi connectivity index (χ3v) is 2.65. The van der Waals surface area contributed by atoms with Crippen molar-refractivity contribution in [3.05, 3.63) is 29.8 Å². The van der Waals surface area contributed by atoms with Crippen LogP contribution in [0.1, 0.15) is 19.4 Å². The van der Waals surface area contributed by atoms with Gasteiger partial charge in [-0.05, 0) is 25.1 Å².